The fourth-order valence-corrected chi connectivity index (χ4v) is 6.86. The Kier molecular flexibility index (Phi) is 4.85. The minimum atomic E-state index is 0.188. The first-order valence-electron chi connectivity index (χ1n) is 14.3. The summed E-state index contributed by atoms with van der Waals surface area (Å²) in [6, 6.07) is 44.1. The molecule has 3 heterocycles. The van der Waals surface area contributed by atoms with Crippen LogP contribution in [0.3, 0.4) is 0 Å². The highest BCUT2D eigenvalue weighted by Crippen LogP contribution is 2.43. The molecule has 3 aromatic heterocycles. The van der Waals surface area contributed by atoms with Gasteiger partial charge < -0.3 is 19.0 Å². The van der Waals surface area contributed by atoms with Crippen molar-refractivity contribution in [2.75, 3.05) is 0 Å². The Morgan fingerprint density at radius 2 is 1.16 bits per heavy atom. The van der Waals surface area contributed by atoms with E-state index in [0.29, 0.717) is 0 Å². The maximum Gasteiger partial charge on any atom is 0.159 e. The van der Waals surface area contributed by atoms with E-state index in [1.165, 1.54) is 21.5 Å². The Morgan fingerprint density at radius 1 is 0.558 bits per heavy atom. The summed E-state index contributed by atoms with van der Waals surface area (Å²) in [5, 5.41) is 22.8. The second-order valence-corrected chi connectivity index (χ2v) is 10.9. The summed E-state index contributed by atoms with van der Waals surface area (Å²) in [6.45, 7) is 0. The van der Waals surface area contributed by atoms with Gasteiger partial charge in [-0.05, 0) is 48.5 Å². The third kappa shape index (κ3) is 3.22. The lowest BCUT2D eigenvalue weighted by molar-refractivity contribution is 0.666. The minimum absolute atomic E-state index is 0.188. The van der Waals surface area contributed by atoms with Crippen LogP contribution < -0.4 is 0 Å². The lowest BCUT2D eigenvalue weighted by atomic mass is 10.1. The molecule has 9 rings (SSSR count). The van der Waals surface area contributed by atoms with Crippen molar-refractivity contribution in [2.45, 2.75) is 0 Å². The second-order valence-electron chi connectivity index (χ2n) is 10.9. The predicted octanol–water partition coefficient (Wildman–Crippen LogP) is 9.80. The maximum atomic E-state index is 8.24. The SMILES string of the molecule is N=CC(=N)c1cccc(-n2c3ccccc3c3c4c5ccccc5n(-c5cccc6c5oc5ccccc56)c4ccc32)c1. The van der Waals surface area contributed by atoms with E-state index in [2.05, 4.69) is 106 Å². The van der Waals surface area contributed by atoms with Gasteiger partial charge in [-0.3, -0.25) is 5.41 Å². The predicted molar refractivity (Wildman–Crippen MR) is 178 cm³/mol. The summed E-state index contributed by atoms with van der Waals surface area (Å²) in [4.78, 5) is 0. The molecule has 0 fully saturated rings. The Morgan fingerprint density at radius 3 is 1.91 bits per heavy atom. The molecule has 0 bridgehead atoms. The lowest BCUT2D eigenvalue weighted by Gasteiger charge is -2.10. The van der Waals surface area contributed by atoms with E-state index >= 15 is 0 Å². The number of hydrogen-bond acceptors (Lipinski definition) is 3. The average Bonchev–Trinajstić information content (AvgIpc) is 3.72. The van der Waals surface area contributed by atoms with E-state index in [0.717, 1.165) is 67.2 Å². The van der Waals surface area contributed by atoms with Crippen LogP contribution in [0, 0.1) is 10.8 Å². The summed E-state index contributed by atoms with van der Waals surface area (Å²) in [7, 11) is 0. The zero-order valence-electron chi connectivity index (χ0n) is 23.0. The van der Waals surface area contributed by atoms with Crippen LogP contribution in [0.25, 0.3) is 76.9 Å². The molecule has 43 heavy (non-hydrogen) atoms. The topological polar surface area (TPSA) is 70.7 Å². The van der Waals surface area contributed by atoms with Crippen LogP contribution in [0.15, 0.2) is 132 Å². The molecule has 6 aromatic carbocycles. The van der Waals surface area contributed by atoms with Gasteiger partial charge in [0.2, 0.25) is 0 Å². The number of para-hydroxylation sites is 4. The first-order chi connectivity index (χ1) is 21.2. The van der Waals surface area contributed by atoms with Gasteiger partial charge in [0.15, 0.2) is 5.58 Å². The zero-order chi connectivity index (χ0) is 28.7. The van der Waals surface area contributed by atoms with E-state index in [1.807, 2.05) is 30.3 Å². The first kappa shape index (κ1) is 23.7. The highest BCUT2D eigenvalue weighted by Gasteiger charge is 2.22. The molecule has 0 saturated carbocycles. The summed E-state index contributed by atoms with van der Waals surface area (Å²) in [5.41, 5.74) is 9.07. The molecule has 0 atom stereocenters. The number of hydrogen-bond donors (Lipinski definition) is 2. The first-order valence-corrected chi connectivity index (χ1v) is 14.3. The molecule has 0 unspecified atom stereocenters. The lowest BCUT2D eigenvalue weighted by Crippen LogP contribution is -2.01. The van der Waals surface area contributed by atoms with Crippen molar-refractivity contribution < 1.29 is 4.42 Å². The fraction of sp³-hybridized carbons (Fsp3) is 0. The van der Waals surface area contributed by atoms with Crippen molar-refractivity contribution in [2.24, 2.45) is 0 Å². The smallest absolute Gasteiger partial charge is 0.159 e. The molecule has 0 aliphatic heterocycles. The number of benzene rings is 6. The van der Waals surface area contributed by atoms with E-state index in [4.69, 9.17) is 15.2 Å². The molecule has 5 heteroatoms. The fourth-order valence-electron chi connectivity index (χ4n) is 6.86. The van der Waals surface area contributed by atoms with Gasteiger partial charge in [-0.2, -0.15) is 0 Å². The third-order valence-electron chi connectivity index (χ3n) is 8.66. The van der Waals surface area contributed by atoms with E-state index < -0.39 is 0 Å². The number of nitrogens with zero attached hydrogens (tertiary/aromatic N) is 2. The molecule has 202 valence electrons. The summed E-state index contributed by atoms with van der Waals surface area (Å²) < 4.78 is 11.1. The van der Waals surface area contributed by atoms with Crippen LogP contribution >= 0.6 is 0 Å². The molecular weight excluding hydrogens is 528 g/mol. The monoisotopic (exact) mass is 552 g/mol. The van der Waals surface area contributed by atoms with E-state index in [9.17, 15) is 0 Å². The number of furan rings is 1. The highest BCUT2D eigenvalue weighted by atomic mass is 16.3. The Bertz CT molecular complexity index is 2610. The number of fused-ring (bicyclic) bond motifs is 10. The maximum absolute atomic E-state index is 8.24. The molecule has 0 amide bonds. The van der Waals surface area contributed by atoms with Gasteiger partial charge in [0.05, 0.1) is 33.5 Å². The Labute approximate surface area is 245 Å². The second kappa shape index (κ2) is 8.78. The highest BCUT2D eigenvalue weighted by molar-refractivity contribution is 6.36. The van der Waals surface area contributed by atoms with Gasteiger partial charge in [0.1, 0.15) is 5.58 Å². The van der Waals surface area contributed by atoms with Crippen molar-refractivity contribution in [1.82, 2.24) is 9.13 Å². The van der Waals surface area contributed by atoms with Gasteiger partial charge in [-0.25, -0.2) is 0 Å². The number of rotatable bonds is 4. The Balaban J connectivity index is 1.43. The summed E-state index contributed by atoms with van der Waals surface area (Å²) in [6.07, 6.45) is 1.09. The average molecular weight is 553 g/mol. The van der Waals surface area contributed by atoms with Gasteiger partial charge in [0.25, 0.3) is 0 Å². The zero-order valence-corrected chi connectivity index (χ0v) is 23.0. The molecule has 9 aromatic rings. The van der Waals surface area contributed by atoms with Crippen molar-refractivity contribution >= 4 is 77.5 Å². The molecular formula is C38H24N4O. The number of aromatic nitrogens is 2. The van der Waals surface area contributed by atoms with Gasteiger partial charge in [-0.15, -0.1) is 0 Å². The van der Waals surface area contributed by atoms with Crippen molar-refractivity contribution in [3.63, 3.8) is 0 Å². The molecule has 0 aliphatic rings. The molecule has 0 radical (unpaired) electrons. The van der Waals surface area contributed by atoms with Crippen molar-refractivity contribution in [3.8, 4) is 11.4 Å². The van der Waals surface area contributed by atoms with E-state index in [1.54, 1.807) is 0 Å². The largest absolute Gasteiger partial charge is 0.454 e. The Hall–Kier alpha value is -5.94. The van der Waals surface area contributed by atoms with Crippen LogP contribution in [0.1, 0.15) is 5.56 Å². The van der Waals surface area contributed by atoms with Crippen LogP contribution in [0.2, 0.25) is 0 Å². The number of nitrogens with one attached hydrogen (secondary N) is 2. The van der Waals surface area contributed by atoms with Gasteiger partial charge in [0, 0.05) is 49.8 Å². The van der Waals surface area contributed by atoms with E-state index in [-0.39, 0.29) is 5.71 Å². The normalized spacial score (nSPS) is 11.9. The van der Waals surface area contributed by atoms with Crippen molar-refractivity contribution in [1.29, 1.82) is 10.8 Å². The molecule has 2 N–H and O–H groups in total. The molecule has 0 aliphatic carbocycles. The van der Waals surface area contributed by atoms with Crippen LogP contribution in [0.5, 0.6) is 0 Å². The van der Waals surface area contributed by atoms with Crippen molar-refractivity contribution in [3.05, 3.63) is 133 Å². The summed E-state index contributed by atoms with van der Waals surface area (Å²) in [5.74, 6) is 0. The van der Waals surface area contributed by atoms with Gasteiger partial charge >= 0.3 is 0 Å². The van der Waals surface area contributed by atoms with Crippen LogP contribution in [-0.4, -0.2) is 21.1 Å². The molecule has 0 saturated heterocycles. The third-order valence-corrected chi connectivity index (χ3v) is 8.66. The molecule has 0 spiro atoms. The minimum Gasteiger partial charge on any atom is -0.454 e. The standard InChI is InChI=1S/C38H24N4O/c39-22-29(40)23-9-7-10-24(21-23)41-30-15-4-1-12-27(30)36-32(41)19-20-33-37(36)28-13-2-5-16-31(28)42(33)34-17-8-14-26-25-11-3-6-18-35(25)43-38(26)34/h1-22,39-40H. The summed E-state index contributed by atoms with van der Waals surface area (Å²) >= 11 is 0. The van der Waals surface area contributed by atoms with Crippen LogP contribution in [-0.2, 0) is 0 Å². The quantitative estimate of drug-likeness (QED) is 0.210. The van der Waals surface area contributed by atoms with Crippen LogP contribution in [0.4, 0.5) is 0 Å². The molecule has 5 nitrogen and oxygen atoms in total. The van der Waals surface area contributed by atoms with Gasteiger partial charge in [-0.1, -0.05) is 78.9 Å².